The number of carbonyl (C=O) groups excluding carboxylic acids is 1. The SMILES string of the molecule is O=C(O)C[C@@H]1NC(=O)OC1c1ccccc1. The van der Waals surface area contributed by atoms with Crippen LogP contribution in [-0.2, 0) is 9.53 Å². The summed E-state index contributed by atoms with van der Waals surface area (Å²) in [7, 11) is 0. The van der Waals surface area contributed by atoms with E-state index in [9.17, 15) is 9.59 Å². The molecule has 1 heterocycles. The molecule has 2 atom stereocenters. The van der Waals surface area contributed by atoms with Gasteiger partial charge in [-0.3, -0.25) is 4.79 Å². The van der Waals surface area contributed by atoms with E-state index < -0.39 is 24.2 Å². The molecule has 84 valence electrons. The minimum atomic E-state index is -0.961. The average Bonchev–Trinajstić information content (AvgIpc) is 2.60. The monoisotopic (exact) mass is 221 g/mol. The van der Waals surface area contributed by atoms with Gasteiger partial charge < -0.3 is 15.2 Å². The van der Waals surface area contributed by atoms with E-state index in [0.29, 0.717) is 0 Å². The maximum absolute atomic E-state index is 11.1. The predicted molar refractivity (Wildman–Crippen MR) is 54.8 cm³/mol. The minimum absolute atomic E-state index is 0.148. The molecule has 1 aliphatic heterocycles. The van der Waals surface area contributed by atoms with Crippen molar-refractivity contribution in [2.45, 2.75) is 18.6 Å². The molecule has 1 aliphatic rings. The summed E-state index contributed by atoms with van der Waals surface area (Å²) in [6.45, 7) is 0. The second-order valence-electron chi connectivity index (χ2n) is 3.59. The van der Waals surface area contributed by atoms with Gasteiger partial charge >= 0.3 is 12.1 Å². The summed E-state index contributed by atoms with van der Waals surface area (Å²) in [5, 5.41) is 11.2. The largest absolute Gasteiger partial charge is 0.481 e. The molecule has 1 amide bonds. The zero-order chi connectivity index (χ0) is 11.5. The molecule has 0 aliphatic carbocycles. The molecule has 0 spiro atoms. The van der Waals surface area contributed by atoms with Crippen LogP contribution in [0.15, 0.2) is 30.3 Å². The third-order valence-electron chi connectivity index (χ3n) is 2.43. The van der Waals surface area contributed by atoms with Crippen LogP contribution in [0.25, 0.3) is 0 Å². The molecular formula is C11H11NO4. The van der Waals surface area contributed by atoms with Gasteiger partial charge in [-0.1, -0.05) is 30.3 Å². The Balaban J connectivity index is 2.19. The maximum atomic E-state index is 11.1. The van der Waals surface area contributed by atoms with Crippen molar-refractivity contribution in [2.75, 3.05) is 0 Å². The smallest absolute Gasteiger partial charge is 0.408 e. The van der Waals surface area contributed by atoms with Gasteiger partial charge in [-0.15, -0.1) is 0 Å². The highest BCUT2D eigenvalue weighted by atomic mass is 16.6. The Bertz CT molecular complexity index is 404. The molecule has 1 saturated heterocycles. The highest BCUT2D eigenvalue weighted by Gasteiger charge is 2.36. The lowest BCUT2D eigenvalue weighted by atomic mass is 10.0. The molecule has 16 heavy (non-hydrogen) atoms. The lowest BCUT2D eigenvalue weighted by Gasteiger charge is -2.15. The number of carbonyl (C=O) groups is 2. The summed E-state index contributed by atoms with van der Waals surface area (Å²) >= 11 is 0. The number of carboxylic acid groups (broad SMARTS) is 1. The number of aliphatic carboxylic acids is 1. The van der Waals surface area contributed by atoms with Crippen molar-refractivity contribution in [3.05, 3.63) is 35.9 Å². The predicted octanol–water partition coefficient (Wildman–Crippen LogP) is 1.31. The molecule has 1 unspecified atom stereocenters. The summed E-state index contributed by atoms with van der Waals surface area (Å²) in [4.78, 5) is 21.7. The molecular weight excluding hydrogens is 210 g/mol. The number of ether oxygens (including phenoxy) is 1. The van der Waals surface area contributed by atoms with Crippen LogP contribution in [0.5, 0.6) is 0 Å². The fraction of sp³-hybridized carbons (Fsp3) is 0.273. The fourth-order valence-corrected chi connectivity index (χ4v) is 1.75. The number of alkyl carbamates (subject to hydrolysis) is 1. The van der Waals surface area contributed by atoms with Crippen molar-refractivity contribution in [1.82, 2.24) is 5.32 Å². The summed E-state index contributed by atoms with van der Waals surface area (Å²) in [5.41, 5.74) is 0.798. The van der Waals surface area contributed by atoms with E-state index in [1.807, 2.05) is 18.2 Å². The van der Waals surface area contributed by atoms with Crippen LogP contribution in [0.4, 0.5) is 4.79 Å². The van der Waals surface area contributed by atoms with Crippen LogP contribution in [-0.4, -0.2) is 23.2 Å². The first-order valence-corrected chi connectivity index (χ1v) is 4.90. The van der Waals surface area contributed by atoms with Gasteiger partial charge in [0.25, 0.3) is 0 Å². The molecule has 0 saturated carbocycles. The van der Waals surface area contributed by atoms with Crippen LogP contribution in [0, 0.1) is 0 Å². The van der Waals surface area contributed by atoms with Crippen LogP contribution in [0.1, 0.15) is 18.1 Å². The Morgan fingerprint density at radius 2 is 2.06 bits per heavy atom. The topological polar surface area (TPSA) is 75.6 Å². The Labute approximate surface area is 92.0 Å². The Kier molecular flexibility index (Phi) is 2.76. The average molecular weight is 221 g/mol. The second-order valence-corrected chi connectivity index (χ2v) is 3.59. The second kappa shape index (κ2) is 4.22. The van der Waals surface area contributed by atoms with Crippen LogP contribution in [0.2, 0.25) is 0 Å². The molecule has 2 N–H and O–H groups in total. The standard InChI is InChI=1S/C11H11NO4/c13-9(14)6-8-10(16-11(15)12-8)7-4-2-1-3-5-7/h1-5,8,10H,6H2,(H,12,15)(H,13,14)/t8-,10?/m0/s1. The molecule has 5 nitrogen and oxygen atoms in total. The first-order valence-electron chi connectivity index (χ1n) is 4.90. The van der Waals surface area contributed by atoms with E-state index in [4.69, 9.17) is 9.84 Å². The summed E-state index contributed by atoms with van der Waals surface area (Å²) in [6, 6.07) is 8.59. The fourth-order valence-electron chi connectivity index (χ4n) is 1.75. The minimum Gasteiger partial charge on any atom is -0.481 e. The van der Waals surface area contributed by atoms with Crippen molar-refractivity contribution in [2.24, 2.45) is 0 Å². The van der Waals surface area contributed by atoms with Crippen molar-refractivity contribution in [3.8, 4) is 0 Å². The van der Waals surface area contributed by atoms with E-state index in [0.717, 1.165) is 5.56 Å². The highest BCUT2D eigenvalue weighted by molar-refractivity contribution is 5.74. The third-order valence-corrected chi connectivity index (χ3v) is 2.43. The molecule has 0 radical (unpaired) electrons. The summed E-state index contributed by atoms with van der Waals surface area (Å²) in [5.74, 6) is -0.961. The molecule has 0 aromatic heterocycles. The lowest BCUT2D eigenvalue weighted by molar-refractivity contribution is -0.137. The summed E-state index contributed by atoms with van der Waals surface area (Å²) in [6.07, 6.45) is -1.24. The first kappa shape index (κ1) is 10.5. The van der Waals surface area contributed by atoms with Crippen LogP contribution >= 0.6 is 0 Å². The Morgan fingerprint density at radius 3 is 2.69 bits per heavy atom. The normalized spacial score (nSPS) is 23.6. The van der Waals surface area contributed by atoms with Crippen molar-refractivity contribution >= 4 is 12.1 Å². The zero-order valence-electron chi connectivity index (χ0n) is 8.42. The quantitative estimate of drug-likeness (QED) is 0.806. The molecule has 2 rings (SSSR count). The van der Waals surface area contributed by atoms with Crippen molar-refractivity contribution in [1.29, 1.82) is 0 Å². The van der Waals surface area contributed by atoms with Gasteiger partial charge in [0.05, 0.1) is 12.5 Å². The first-order chi connectivity index (χ1) is 7.66. The molecule has 0 bridgehead atoms. The van der Waals surface area contributed by atoms with Crippen molar-refractivity contribution in [3.63, 3.8) is 0 Å². The zero-order valence-corrected chi connectivity index (χ0v) is 8.42. The molecule has 1 aromatic carbocycles. The maximum Gasteiger partial charge on any atom is 0.408 e. The summed E-state index contributed by atoms with van der Waals surface area (Å²) < 4.78 is 5.05. The van der Waals surface area contributed by atoms with Gasteiger partial charge in [-0.05, 0) is 5.56 Å². The number of hydrogen-bond acceptors (Lipinski definition) is 3. The molecule has 1 aromatic rings. The van der Waals surface area contributed by atoms with Gasteiger partial charge in [-0.2, -0.15) is 0 Å². The van der Waals surface area contributed by atoms with Crippen LogP contribution < -0.4 is 5.32 Å². The number of carboxylic acids is 1. The molecule has 1 fully saturated rings. The van der Waals surface area contributed by atoms with Gasteiger partial charge in [0.2, 0.25) is 0 Å². The number of hydrogen-bond donors (Lipinski definition) is 2. The van der Waals surface area contributed by atoms with E-state index >= 15 is 0 Å². The number of benzene rings is 1. The lowest BCUT2D eigenvalue weighted by Crippen LogP contribution is -2.30. The number of amides is 1. The van der Waals surface area contributed by atoms with E-state index in [1.54, 1.807) is 12.1 Å². The van der Waals surface area contributed by atoms with E-state index in [1.165, 1.54) is 0 Å². The number of rotatable bonds is 3. The van der Waals surface area contributed by atoms with Gasteiger partial charge in [-0.25, -0.2) is 4.79 Å². The van der Waals surface area contributed by atoms with E-state index in [2.05, 4.69) is 5.32 Å². The Hall–Kier alpha value is -2.04. The van der Waals surface area contributed by atoms with Crippen LogP contribution in [0.3, 0.4) is 0 Å². The number of cyclic esters (lactones) is 1. The van der Waals surface area contributed by atoms with Gasteiger partial charge in [0, 0.05) is 0 Å². The van der Waals surface area contributed by atoms with E-state index in [-0.39, 0.29) is 6.42 Å². The third kappa shape index (κ3) is 2.13. The molecule has 5 heteroatoms. The van der Waals surface area contributed by atoms with Crippen molar-refractivity contribution < 1.29 is 19.4 Å². The van der Waals surface area contributed by atoms with Gasteiger partial charge in [0.15, 0.2) is 0 Å². The highest BCUT2D eigenvalue weighted by Crippen LogP contribution is 2.27. The number of nitrogens with one attached hydrogen (secondary N) is 1. The Morgan fingerprint density at radius 1 is 1.38 bits per heavy atom. The van der Waals surface area contributed by atoms with Gasteiger partial charge in [0.1, 0.15) is 6.10 Å².